The summed E-state index contributed by atoms with van der Waals surface area (Å²) in [4.78, 5) is 26.0. The minimum absolute atomic E-state index is 0.0581. The monoisotopic (exact) mass is 339 g/mol. The Labute approximate surface area is 146 Å². The molecule has 0 aromatic heterocycles. The predicted octanol–water partition coefficient (Wildman–Crippen LogP) is 2.00. The lowest BCUT2D eigenvalue weighted by Gasteiger charge is -2.28. The summed E-state index contributed by atoms with van der Waals surface area (Å²) in [5, 5.41) is 2.83. The van der Waals surface area contributed by atoms with E-state index in [9.17, 15) is 9.59 Å². The molecule has 0 radical (unpaired) electrons. The number of amides is 2. The fourth-order valence-electron chi connectivity index (χ4n) is 2.84. The van der Waals surface area contributed by atoms with Crippen LogP contribution in [0.4, 0.5) is 11.4 Å². The van der Waals surface area contributed by atoms with Crippen LogP contribution in [0.5, 0.6) is 0 Å². The van der Waals surface area contributed by atoms with E-state index in [0.717, 1.165) is 16.8 Å². The second-order valence-electron chi connectivity index (χ2n) is 5.98. The zero-order valence-electron chi connectivity index (χ0n) is 14.1. The SMILES string of the molecule is Cc1cc(NC(=O)C(N)c2ccccc2)ccc1N1CCOCC1=O. The van der Waals surface area contributed by atoms with Gasteiger partial charge in [-0.25, -0.2) is 0 Å². The van der Waals surface area contributed by atoms with Gasteiger partial charge in [0.05, 0.1) is 6.61 Å². The number of hydrogen-bond donors (Lipinski definition) is 2. The van der Waals surface area contributed by atoms with Crippen molar-refractivity contribution in [2.24, 2.45) is 5.73 Å². The lowest BCUT2D eigenvalue weighted by Crippen LogP contribution is -2.42. The topological polar surface area (TPSA) is 84.7 Å². The number of carbonyl (C=O) groups excluding carboxylic acids is 2. The molecule has 2 amide bonds. The van der Waals surface area contributed by atoms with Gasteiger partial charge >= 0.3 is 0 Å². The minimum Gasteiger partial charge on any atom is -0.370 e. The Morgan fingerprint density at radius 3 is 2.68 bits per heavy atom. The van der Waals surface area contributed by atoms with Gasteiger partial charge in [-0.2, -0.15) is 0 Å². The van der Waals surface area contributed by atoms with Crippen molar-refractivity contribution < 1.29 is 14.3 Å². The van der Waals surface area contributed by atoms with Crippen LogP contribution in [0.3, 0.4) is 0 Å². The second kappa shape index (κ2) is 7.46. The van der Waals surface area contributed by atoms with Gasteiger partial charge in [0, 0.05) is 17.9 Å². The molecule has 1 heterocycles. The second-order valence-corrected chi connectivity index (χ2v) is 5.98. The number of nitrogens with two attached hydrogens (primary N) is 1. The molecule has 6 nitrogen and oxygen atoms in total. The normalized spacial score (nSPS) is 15.8. The zero-order chi connectivity index (χ0) is 17.8. The highest BCUT2D eigenvalue weighted by atomic mass is 16.5. The number of benzene rings is 2. The predicted molar refractivity (Wildman–Crippen MR) is 96.4 cm³/mol. The Hall–Kier alpha value is -2.70. The number of ether oxygens (including phenoxy) is 1. The molecule has 1 unspecified atom stereocenters. The summed E-state index contributed by atoms with van der Waals surface area (Å²) in [7, 11) is 0. The van der Waals surface area contributed by atoms with Gasteiger partial charge < -0.3 is 20.7 Å². The molecule has 2 aromatic rings. The molecule has 0 bridgehead atoms. The van der Waals surface area contributed by atoms with Crippen molar-refractivity contribution in [2.75, 3.05) is 30.0 Å². The molecule has 6 heteroatoms. The zero-order valence-corrected chi connectivity index (χ0v) is 14.1. The highest BCUT2D eigenvalue weighted by Crippen LogP contribution is 2.25. The molecular weight excluding hydrogens is 318 g/mol. The lowest BCUT2D eigenvalue weighted by molar-refractivity contribution is -0.125. The van der Waals surface area contributed by atoms with Gasteiger partial charge in [0.1, 0.15) is 12.6 Å². The van der Waals surface area contributed by atoms with Crippen molar-refractivity contribution in [3.63, 3.8) is 0 Å². The van der Waals surface area contributed by atoms with Crippen molar-refractivity contribution in [1.82, 2.24) is 0 Å². The third-order valence-corrected chi connectivity index (χ3v) is 4.18. The average molecular weight is 339 g/mol. The maximum absolute atomic E-state index is 12.3. The first kappa shape index (κ1) is 17.1. The fourth-order valence-corrected chi connectivity index (χ4v) is 2.84. The number of morpholine rings is 1. The Bertz CT molecular complexity index is 777. The third-order valence-electron chi connectivity index (χ3n) is 4.18. The number of nitrogens with zero attached hydrogens (tertiary/aromatic N) is 1. The molecule has 130 valence electrons. The first-order valence-electron chi connectivity index (χ1n) is 8.16. The van der Waals surface area contributed by atoms with Crippen LogP contribution in [0.25, 0.3) is 0 Å². The smallest absolute Gasteiger partial charge is 0.253 e. The molecule has 2 aromatic carbocycles. The Morgan fingerprint density at radius 1 is 1.24 bits per heavy atom. The lowest BCUT2D eigenvalue weighted by atomic mass is 10.1. The number of rotatable bonds is 4. The summed E-state index contributed by atoms with van der Waals surface area (Å²) in [6, 6.07) is 13.9. The van der Waals surface area contributed by atoms with Crippen molar-refractivity contribution in [2.45, 2.75) is 13.0 Å². The minimum atomic E-state index is -0.734. The van der Waals surface area contributed by atoms with Crippen LogP contribution in [-0.2, 0) is 14.3 Å². The summed E-state index contributed by atoms with van der Waals surface area (Å²) in [6.07, 6.45) is 0. The maximum atomic E-state index is 12.3. The van der Waals surface area contributed by atoms with Crippen molar-refractivity contribution in [3.8, 4) is 0 Å². The van der Waals surface area contributed by atoms with Crippen LogP contribution in [0.2, 0.25) is 0 Å². The van der Waals surface area contributed by atoms with Gasteiger partial charge in [-0.3, -0.25) is 9.59 Å². The van der Waals surface area contributed by atoms with E-state index < -0.39 is 6.04 Å². The van der Waals surface area contributed by atoms with E-state index in [2.05, 4.69) is 5.32 Å². The molecule has 0 spiro atoms. The number of anilines is 2. The largest absolute Gasteiger partial charge is 0.370 e. The van der Waals surface area contributed by atoms with E-state index in [1.54, 1.807) is 11.0 Å². The summed E-state index contributed by atoms with van der Waals surface area (Å²) in [6.45, 7) is 3.06. The molecule has 3 rings (SSSR count). The summed E-state index contributed by atoms with van der Waals surface area (Å²) in [5.74, 6) is -0.335. The molecule has 1 fully saturated rings. The van der Waals surface area contributed by atoms with Gasteiger partial charge in [-0.1, -0.05) is 30.3 Å². The number of hydrogen-bond acceptors (Lipinski definition) is 4. The van der Waals surface area contributed by atoms with Crippen LogP contribution in [0.15, 0.2) is 48.5 Å². The number of carbonyl (C=O) groups is 2. The van der Waals surface area contributed by atoms with Gasteiger partial charge in [0.2, 0.25) is 5.91 Å². The Balaban J connectivity index is 1.72. The maximum Gasteiger partial charge on any atom is 0.253 e. The first-order chi connectivity index (χ1) is 12.1. The van der Waals surface area contributed by atoms with Crippen LogP contribution in [0, 0.1) is 6.92 Å². The third kappa shape index (κ3) is 3.87. The fraction of sp³-hybridized carbons (Fsp3) is 0.263. The molecule has 0 aliphatic carbocycles. The molecular formula is C19H21N3O3. The van der Waals surface area contributed by atoms with Gasteiger partial charge in [0.15, 0.2) is 0 Å². The van der Waals surface area contributed by atoms with Crippen LogP contribution in [0.1, 0.15) is 17.2 Å². The van der Waals surface area contributed by atoms with Crippen molar-refractivity contribution in [1.29, 1.82) is 0 Å². The molecule has 1 aliphatic heterocycles. The molecule has 1 atom stereocenters. The Morgan fingerprint density at radius 2 is 2.00 bits per heavy atom. The van der Waals surface area contributed by atoms with Crippen LogP contribution >= 0.6 is 0 Å². The van der Waals surface area contributed by atoms with Crippen LogP contribution in [-0.4, -0.2) is 31.6 Å². The summed E-state index contributed by atoms with van der Waals surface area (Å²) in [5.41, 5.74) is 9.15. The molecule has 0 saturated carbocycles. The van der Waals surface area contributed by atoms with Crippen molar-refractivity contribution in [3.05, 3.63) is 59.7 Å². The van der Waals surface area contributed by atoms with Gasteiger partial charge in [-0.15, -0.1) is 0 Å². The molecule has 3 N–H and O–H groups in total. The number of nitrogens with one attached hydrogen (secondary N) is 1. The van der Waals surface area contributed by atoms with E-state index in [1.165, 1.54) is 0 Å². The van der Waals surface area contributed by atoms with Gasteiger partial charge in [0.25, 0.3) is 5.91 Å². The van der Waals surface area contributed by atoms with Gasteiger partial charge in [-0.05, 0) is 36.2 Å². The van der Waals surface area contributed by atoms with E-state index in [4.69, 9.17) is 10.5 Å². The van der Waals surface area contributed by atoms with E-state index in [1.807, 2.05) is 49.4 Å². The molecule has 25 heavy (non-hydrogen) atoms. The Kier molecular flexibility index (Phi) is 5.11. The molecule has 1 aliphatic rings. The van der Waals surface area contributed by atoms with Crippen LogP contribution < -0.4 is 16.0 Å². The molecule has 1 saturated heterocycles. The quantitative estimate of drug-likeness (QED) is 0.892. The first-order valence-corrected chi connectivity index (χ1v) is 8.16. The van der Waals surface area contributed by atoms with Crippen molar-refractivity contribution >= 4 is 23.2 Å². The number of aryl methyl sites for hydroxylation is 1. The summed E-state index contributed by atoms with van der Waals surface area (Å²) >= 11 is 0. The highest BCUT2D eigenvalue weighted by molar-refractivity contribution is 5.97. The van der Waals surface area contributed by atoms with E-state index in [-0.39, 0.29) is 18.4 Å². The average Bonchev–Trinajstić information content (AvgIpc) is 2.63. The van der Waals surface area contributed by atoms with E-state index in [0.29, 0.717) is 18.8 Å². The highest BCUT2D eigenvalue weighted by Gasteiger charge is 2.22. The standard InChI is InChI=1S/C19H21N3O3/c1-13-11-15(7-8-16(13)22-9-10-25-12-17(22)23)21-19(24)18(20)14-5-3-2-4-6-14/h2-8,11,18H,9-10,12,20H2,1H3,(H,21,24). The van der Waals surface area contributed by atoms with E-state index >= 15 is 0 Å². The summed E-state index contributed by atoms with van der Waals surface area (Å²) < 4.78 is 5.16.